The third-order valence-electron chi connectivity index (χ3n) is 4.34. The molecule has 0 fully saturated rings. The lowest BCUT2D eigenvalue weighted by Gasteiger charge is -2.18. The van der Waals surface area contributed by atoms with Crippen molar-refractivity contribution in [2.75, 3.05) is 14.2 Å². The highest BCUT2D eigenvalue weighted by atomic mass is 32.1. The van der Waals surface area contributed by atoms with Crippen LogP contribution in [0.15, 0.2) is 48.7 Å². The number of carboxylic acid groups (broad SMARTS) is 1. The van der Waals surface area contributed by atoms with Crippen LogP contribution in [0.2, 0.25) is 0 Å². The Hall–Kier alpha value is -2.86. The fourth-order valence-electron chi connectivity index (χ4n) is 3.10. The van der Waals surface area contributed by atoms with Crippen molar-refractivity contribution in [3.63, 3.8) is 0 Å². The minimum Gasteiger partial charge on any atom is -0.496 e. The standard InChI is InChI=1S/C21H21NO4S/c1-13-12-22-21(27-13)17(11-20(23)24)16-10-14(8-9-19(16)26-3)15-6-4-5-7-18(15)25-2/h4-10,12,17H,11H2,1-3H3,(H,23,24). The lowest BCUT2D eigenvalue weighted by atomic mass is 9.91. The van der Waals surface area contributed by atoms with Gasteiger partial charge in [0.15, 0.2) is 0 Å². The SMILES string of the molecule is COc1ccccc1-c1ccc(OC)c(C(CC(=O)O)c2ncc(C)s2)c1. The maximum Gasteiger partial charge on any atom is 0.304 e. The quantitative estimate of drug-likeness (QED) is 0.638. The number of benzene rings is 2. The van der Waals surface area contributed by atoms with Gasteiger partial charge in [0, 0.05) is 22.2 Å². The number of ether oxygens (including phenoxy) is 2. The largest absolute Gasteiger partial charge is 0.496 e. The van der Waals surface area contributed by atoms with Crippen LogP contribution >= 0.6 is 11.3 Å². The molecule has 1 N–H and O–H groups in total. The number of aryl methyl sites for hydroxylation is 1. The van der Waals surface area contributed by atoms with Gasteiger partial charge < -0.3 is 14.6 Å². The number of para-hydroxylation sites is 1. The Kier molecular flexibility index (Phi) is 5.76. The van der Waals surface area contributed by atoms with E-state index in [1.54, 1.807) is 20.4 Å². The van der Waals surface area contributed by atoms with Gasteiger partial charge in [0.05, 0.1) is 26.6 Å². The van der Waals surface area contributed by atoms with Crippen LogP contribution in [0.25, 0.3) is 11.1 Å². The van der Waals surface area contributed by atoms with Gasteiger partial charge in [-0.05, 0) is 30.7 Å². The summed E-state index contributed by atoms with van der Waals surface area (Å²) >= 11 is 1.51. The summed E-state index contributed by atoms with van der Waals surface area (Å²) in [4.78, 5) is 17.0. The lowest BCUT2D eigenvalue weighted by Crippen LogP contribution is -2.09. The average Bonchev–Trinajstić information content (AvgIpc) is 3.11. The number of hydrogen-bond donors (Lipinski definition) is 1. The van der Waals surface area contributed by atoms with Crippen LogP contribution in [0, 0.1) is 6.92 Å². The molecule has 1 heterocycles. The third-order valence-corrected chi connectivity index (χ3v) is 5.37. The maximum absolute atomic E-state index is 11.5. The minimum atomic E-state index is -0.877. The van der Waals surface area contributed by atoms with Crippen molar-refractivity contribution in [3.05, 3.63) is 64.1 Å². The lowest BCUT2D eigenvalue weighted by molar-refractivity contribution is -0.137. The second-order valence-electron chi connectivity index (χ2n) is 6.12. The Balaban J connectivity index is 2.15. The van der Waals surface area contributed by atoms with Crippen LogP contribution in [0.5, 0.6) is 11.5 Å². The van der Waals surface area contributed by atoms with Crippen LogP contribution in [-0.2, 0) is 4.79 Å². The molecule has 5 nitrogen and oxygen atoms in total. The van der Waals surface area contributed by atoms with Crippen LogP contribution in [-0.4, -0.2) is 30.3 Å². The molecule has 0 saturated heterocycles. The Labute approximate surface area is 162 Å². The van der Waals surface area contributed by atoms with Crippen molar-refractivity contribution in [3.8, 4) is 22.6 Å². The van der Waals surface area contributed by atoms with Gasteiger partial charge in [-0.2, -0.15) is 0 Å². The van der Waals surface area contributed by atoms with Crippen LogP contribution in [0.3, 0.4) is 0 Å². The number of thiazole rings is 1. The van der Waals surface area contributed by atoms with Crippen molar-refractivity contribution >= 4 is 17.3 Å². The zero-order chi connectivity index (χ0) is 19.4. The van der Waals surface area contributed by atoms with E-state index in [0.29, 0.717) is 5.75 Å². The van der Waals surface area contributed by atoms with Crippen LogP contribution in [0.4, 0.5) is 0 Å². The highest BCUT2D eigenvalue weighted by Gasteiger charge is 2.25. The van der Waals surface area contributed by atoms with E-state index in [4.69, 9.17) is 9.47 Å². The van der Waals surface area contributed by atoms with E-state index in [-0.39, 0.29) is 12.3 Å². The number of carboxylic acids is 1. The molecule has 0 aliphatic rings. The number of aliphatic carboxylic acids is 1. The molecule has 0 spiro atoms. The second-order valence-corrected chi connectivity index (χ2v) is 7.38. The highest BCUT2D eigenvalue weighted by Crippen LogP contribution is 2.40. The van der Waals surface area contributed by atoms with E-state index in [0.717, 1.165) is 32.3 Å². The average molecular weight is 383 g/mol. The van der Waals surface area contributed by atoms with Gasteiger partial charge in [-0.1, -0.05) is 24.3 Å². The predicted molar refractivity (Wildman–Crippen MR) is 106 cm³/mol. The molecule has 6 heteroatoms. The smallest absolute Gasteiger partial charge is 0.304 e. The molecule has 0 aliphatic heterocycles. The first-order valence-corrected chi connectivity index (χ1v) is 9.30. The molecule has 0 radical (unpaired) electrons. The van der Waals surface area contributed by atoms with E-state index >= 15 is 0 Å². The van der Waals surface area contributed by atoms with E-state index in [2.05, 4.69) is 4.98 Å². The highest BCUT2D eigenvalue weighted by molar-refractivity contribution is 7.11. The molecular weight excluding hydrogens is 362 g/mol. The number of hydrogen-bond acceptors (Lipinski definition) is 5. The number of aromatic nitrogens is 1. The summed E-state index contributed by atoms with van der Waals surface area (Å²) in [5.74, 6) is 0.143. The molecule has 140 valence electrons. The molecule has 27 heavy (non-hydrogen) atoms. The zero-order valence-electron chi connectivity index (χ0n) is 15.4. The van der Waals surface area contributed by atoms with Gasteiger partial charge in [-0.25, -0.2) is 4.98 Å². The number of methoxy groups -OCH3 is 2. The van der Waals surface area contributed by atoms with Crippen molar-refractivity contribution in [2.45, 2.75) is 19.3 Å². The molecule has 0 bridgehead atoms. The van der Waals surface area contributed by atoms with Crippen molar-refractivity contribution in [1.29, 1.82) is 0 Å². The van der Waals surface area contributed by atoms with Gasteiger partial charge in [-0.3, -0.25) is 4.79 Å². The van der Waals surface area contributed by atoms with E-state index in [9.17, 15) is 9.90 Å². The molecule has 1 unspecified atom stereocenters. The molecule has 3 aromatic rings. The fourth-order valence-corrected chi connectivity index (χ4v) is 3.99. The van der Waals surface area contributed by atoms with Crippen LogP contribution in [0.1, 0.15) is 27.8 Å². The summed E-state index contributed by atoms with van der Waals surface area (Å²) in [5, 5.41) is 10.2. The maximum atomic E-state index is 11.5. The molecule has 0 aliphatic carbocycles. The fraction of sp³-hybridized carbons (Fsp3) is 0.238. The topological polar surface area (TPSA) is 68.7 Å². The van der Waals surface area contributed by atoms with E-state index in [1.165, 1.54) is 11.3 Å². The van der Waals surface area contributed by atoms with Gasteiger partial charge in [0.2, 0.25) is 0 Å². The molecule has 0 saturated carbocycles. The van der Waals surface area contributed by atoms with Crippen molar-refractivity contribution in [1.82, 2.24) is 4.98 Å². The van der Waals surface area contributed by atoms with Gasteiger partial charge in [-0.15, -0.1) is 11.3 Å². The molecule has 3 rings (SSSR count). The Morgan fingerprint density at radius 2 is 1.89 bits per heavy atom. The predicted octanol–water partition coefficient (Wildman–Crippen LogP) is 4.74. The Morgan fingerprint density at radius 3 is 2.52 bits per heavy atom. The molecule has 2 aromatic carbocycles. The molecule has 1 atom stereocenters. The first kappa shape index (κ1) is 18.9. The van der Waals surface area contributed by atoms with Gasteiger partial charge in [0.25, 0.3) is 0 Å². The number of carbonyl (C=O) groups is 1. The summed E-state index contributed by atoms with van der Waals surface area (Å²) < 4.78 is 11.0. The van der Waals surface area contributed by atoms with E-state index in [1.807, 2.05) is 49.4 Å². The molecular formula is C21H21NO4S. The summed E-state index contributed by atoms with van der Waals surface area (Å²) in [7, 11) is 3.22. The summed E-state index contributed by atoms with van der Waals surface area (Å²) in [6.45, 7) is 1.96. The molecule has 0 amide bonds. The molecule has 1 aromatic heterocycles. The summed E-state index contributed by atoms with van der Waals surface area (Å²) in [6, 6.07) is 13.5. The van der Waals surface area contributed by atoms with Crippen molar-refractivity contribution < 1.29 is 19.4 Å². The monoisotopic (exact) mass is 383 g/mol. The first-order valence-electron chi connectivity index (χ1n) is 8.49. The Morgan fingerprint density at radius 1 is 1.15 bits per heavy atom. The van der Waals surface area contributed by atoms with Gasteiger partial charge >= 0.3 is 5.97 Å². The third kappa shape index (κ3) is 4.11. The summed E-state index contributed by atoms with van der Waals surface area (Å²) in [6.07, 6.45) is 1.71. The van der Waals surface area contributed by atoms with Crippen molar-refractivity contribution in [2.24, 2.45) is 0 Å². The normalized spacial score (nSPS) is 11.8. The second kappa shape index (κ2) is 8.22. The van der Waals surface area contributed by atoms with Crippen LogP contribution < -0.4 is 9.47 Å². The Bertz CT molecular complexity index is 951. The number of rotatable bonds is 7. The minimum absolute atomic E-state index is 0.0569. The summed E-state index contributed by atoms with van der Waals surface area (Å²) in [5.41, 5.74) is 2.68. The number of nitrogens with zero attached hydrogens (tertiary/aromatic N) is 1. The first-order chi connectivity index (χ1) is 13.0. The van der Waals surface area contributed by atoms with E-state index < -0.39 is 5.97 Å². The van der Waals surface area contributed by atoms with Gasteiger partial charge in [0.1, 0.15) is 16.5 Å². The zero-order valence-corrected chi connectivity index (χ0v) is 16.2.